The lowest BCUT2D eigenvalue weighted by Crippen LogP contribution is -2.51. The van der Waals surface area contributed by atoms with Crippen LogP contribution in [0.15, 0.2) is 36.9 Å². The van der Waals surface area contributed by atoms with Gasteiger partial charge in [0, 0.05) is 39.3 Å². The Bertz CT molecular complexity index is 484. The number of nitrogens with one attached hydrogen (secondary N) is 1. The van der Waals surface area contributed by atoms with Crippen molar-refractivity contribution in [3.8, 4) is 0 Å². The first kappa shape index (κ1) is 15.5. The van der Waals surface area contributed by atoms with Crippen LogP contribution >= 0.6 is 0 Å². The smallest absolute Gasteiger partial charge is 0.317 e. The summed E-state index contributed by atoms with van der Waals surface area (Å²) in [5.74, 6) is -0.218. The summed E-state index contributed by atoms with van der Waals surface area (Å²) in [6.07, 6.45) is 2.39. The molecule has 1 aliphatic heterocycles. The summed E-state index contributed by atoms with van der Waals surface area (Å²) in [6, 6.07) is 6.59. The Kier molecular flexibility index (Phi) is 5.75. The van der Waals surface area contributed by atoms with Gasteiger partial charge in [-0.05, 0) is 18.1 Å². The van der Waals surface area contributed by atoms with E-state index >= 15 is 0 Å². The van der Waals surface area contributed by atoms with Crippen LogP contribution in [0.5, 0.6) is 0 Å². The Morgan fingerprint density at radius 2 is 2.00 bits per heavy atom. The molecular weight excluding hydrogens is 269 g/mol. The number of rotatable bonds is 5. The summed E-state index contributed by atoms with van der Waals surface area (Å²) in [7, 11) is 0. The van der Waals surface area contributed by atoms with Crippen molar-refractivity contribution < 1.29 is 9.18 Å². The van der Waals surface area contributed by atoms with Gasteiger partial charge in [-0.3, -0.25) is 4.90 Å². The van der Waals surface area contributed by atoms with Gasteiger partial charge in [-0.2, -0.15) is 0 Å². The van der Waals surface area contributed by atoms with Crippen molar-refractivity contribution in [2.45, 2.75) is 6.42 Å². The second kappa shape index (κ2) is 7.78. The van der Waals surface area contributed by atoms with E-state index in [2.05, 4.69) is 16.8 Å². The molecule has 1 aliphatic rings. The van der Waals surface area contributed by atoms with Gasteiger partial charge in [-0.15, -0.1) is 6.58 Å². The number of carbonyl (C=O) groups excluding carboxylic acids is 1. The maximum absolute atomic E-state index is 13.4. The van der Waals surface area contributed by atoms with E-state index in [-0.39, 0.29) is 11.8 Å². The van der Waals surface area contributed by atoms with Crippen LogP contribution < -0.4 is 5.32 Å². The third-order valence-electron chi connectivity index (χ3n) is 3.68. The lowest BCUT2D eigenvalue weighted by Gasteiger charge is -2.34. The Balaban J connectivity index is 1.71. The molecule has 1 aromatic rings. The Morgan fingerprint density at radius 3 is 2.67 bits per heavy atom. The number of benzene rings is 1. The summed E-state index contributed by atoms with van der Waals surface area (Å²) in [4.78, 5) is 16.1. The van der Waals surface area contributed by atoms with Crippen LogP contribution in [0.3, 0.4) is 0 Å². The molecule has 0 atom stereocenters. The first-order valence-electron chi connectivity index (χ1n) is 7.30. The lowest BCUT2D eigenvalue weighted by molar-refractivity contribution is 0.147. The van der Waals surface area contributed by atoms with Crippen LogP contribution in [0.1, 0.15) is 5.56 Å². The number of halogens is 1. The maximum Gasteiger partial charge on any atom is 0.317 e. The highest BCUT2D eigenvalue weighted by Gasteiger charge is 2.19. The van der Waals surface area contributed by atoms with Crippen LogP contribution in [0, 0.1) is 5.82 Å². The van der Waals surface area contributed by atoms with E-state index in [0.29, 0.717) is 18.5 Å². The van der Waals surface area contributed by atoms with Gasteiger partial charge in [-0.25, -0.2) is 9.18 Å². The van der Waals surface area contributed by atoms with Gasteiger partial charge < -0.3 is 10.2 Å². The monoisotopic (exact) mass is 291 g/mol. The molecule has 1 N–H and O–H groups in total. The topological polar surface area (TPSA) is 35.6 Å². The van der Waals surface area contributed by atoms with Crippen molar-refractivity contribution in [3.63, 3.8) is 0 Å². The molecule has 2 rings (SSSR count). The fourth-order valence-corrected chi connectivity index (χ4v) is 2.43. The molecule has 0 saturated carbocycles. The minimum absolute atomic E-state index is 0.0652. The Morgan fingerprint density at radius 1 is 1.29 bits per heavy atom. The van der Waals surface area contributed by atoms with Gasteiger partial charge in [0.25, 0.3) is 0 Å². The number of nitrogens with zero attached hydrogens (tertiary/aromatic N) is 2. The number of hydrogen-bond acceptors (Lipinski definition) is 2. The Labute approximate surface area is 125 Å². The predicted molar refractivity (Wildman–Crippen MR) is 81.7 cm³/mol. The number of hydrogen-bond donors (Lipinski definition) is 1. The summed E-state index contributed by atoms with van der Waals surface area (Å²) >= 11 is 0. The molecule has 0 spiro atoms. The zero-order valence-electron chi connectivity index (χ0n) is 12.2. The zero-order valence-corrected chi connectivity index (χ0v) is 12.2. The molecule has 0 unspecified atom stereocenters. The second-order valence-electron chi connectivity index (χ2n) is 5.15. The molecule has 1 aromatic carbocycles. The number of piperazine rings is 1. The molecule has 114 valence electrons. The first-order chi connectivity index (χ1) is 10.2. The molecule has 1 fully saturated rings. The average molecular weight is 291 g/mol. The summed E-state index contributed by atoms with van der Waals surface area (Å²) in [6.45, 7) is 8.21. The average Bonchev–Trinajstić information content (AvgIpc) is 2.50. The fourth-order valence-electron chi connectivity index (χ4n) is 2.43. The van der Waals surface area contributed by atoms with Crippen LogP contribution in [-0.2, 0) is 6.42 Å². The predicted octanol–water partition coefficient (Wildman–Crippen LogP) is 1.88. The number of urea groups is 1. The quantitative estimate of drug-likeness (QED) is 0.841. The third kappa shape index (κ3) is 4.56. The summed E-state index contributed by atoms with van der Waals surface area (Å²) in [5.41, 5.74) is 0.633. The van der Waals surface area contributed by atoms with Gasteiger partial charge in [0.15, 0.2) is 0 Å². The second-order valence-corrected chi connectivity index (χ2v) is 5.15. The standard InChI is InChI=1S/C16H22FN3O/c1-2-9-19-10-12-20(13-11-19)16(21)18-8-7-14-5-3-4-6-15(14)17/h2-6H,1,7-13H2,(H,18,21). The van der Waals surface area contributed by atoms with Crippen molar-refractivity contribution in [2.24, 2.45) is 0 Å². The van der Waals surface area contributed by atoms with E-state index in [9.17, 15) is 9.18 Å². The van der Waals surface area contributed by atoms with Crippen molar-refractivity contribution in [2.75, 3.05) is 39.3 Å². The third-order valence-corrected chi connectivity index (χ3v) is 3.68. The van der Waals surface area contributed by atoms with E-state index < -0.39 is 0 Å². The van der Waals surface area contributed by atoms with Crippen molar-refractivity contribution in [3.05, 3.63) is 48.3 Å². The van der Waals surface area contributed by atoms with Crippen molar-refractivity contribution in [1.82, 2.24) is 15.1 Å². The van der Waals surface area contributed by atoms with Crippen LogP contribution in [0.2, 0.25) is 0 Å². The molecule has 0 bridgehead atoms. The van der Waals surface area contributed by atoms with E-state index in [1.807, 2.05) is 6.08 Å². The minimum atomic E-state index is -0.218. The van der Waals surface area contributed by atoms with Crippen LogP contribution in [0.25, 0.3) is 0 Å². The molecule has 0 aromatic heterocycles. The maximum atomic E-state index is 13.4. The van der Waals surface area contributed by atoms with Crippen molar-refractivity contribution in [1.29, 1.82) is 0 Å². The minimum Gasteiger partial charge on any atom is -0.338 e. The largest absolute Gasteiger partial charge is 0.338 e. The molecule has 2 amide bonds. The molecule has 1 heterocycles. The molecule has 4 nitrogen and oxygen atoms in total. The van der Waals surface area contributed by atoms with Crippen LogP contribution in [0.4, 0.5) is 9.18 Å². The highest BCUT2D eigenvalue weighted by molar-refractivity contribution is 5.74. The fraction of sp³-hybridized carbons (Fsp3) is 0.438. The van der Waals surface area contributed by atoms with E-state index in [4.69, 9.17) is 0 Å². The van der Waals surface area contributed by atoms with Gasteiger partial charge >= 0.3 is 6.03 Å². The molecule has 21 heavy (non-hydrogen) atoms. The molecule has 0 radical (unpaired) electrons. The SMILES string of the molecule is C=CCN1CCN(C(=O)NCCc2ccccc2F)CC1. The molecular formula is C16H22FN3O. The molecule has 1 saturated heterocycles. The Hall–Kier alpha value is -1.88. The lowest BCUT2D eigenvalue weighted by atomic mass is 10.1. The van der Waals surface area contributed by atoms with E-state index in [0.717, 1.165) is 32.7 Å². The summed E-state index contributed by atoms with van der Waals surface area (Å²) in [5, 5.41) is 2.86. The number of amides is 2. The van der Waals surface area contributed by atoms with E-state index in [1.54, 1.807) is 23.1 Å². The summed E-state index contributed by atoms with van der Waals surface area (Å²) < 4.78 is 13.4. The molecule has 5 heteroatoms. The van der Waals surface area contributed by atoms with Gasteiger partial charge in [0.05, 0.1) is 0 Å². The van der Waals surface area contributed by atoms with Crippen LogP contribution in [-0.4, -0.2) is 55.1 Å². The van der Waals surface area contributed by atoms with Gasteiger partial charge in [0.1, 0.15) is 5.82 Å². The zero-order chi connectivity index (χ0) is 15.1. The van der Waals surface area contributed by atoms with E-state index in [1.165, 1.54) is 6.07 Å². The highest BCUT2D eigenvalue weighted by atomic mass is 19.1. The van der Waals surface area contributed by atoms with Gasteiger partial charge in [-0.1, -0.05) is 24.3 Å². The number of carbonyl (C=O) groups is 1. The first-order valence-corrected chi connectivity index (χ1v) is 7.30. The molecule has 0 aliphatic carbocycles. The van der Waals surface area contributed by atoms with Gasteiger partial charge in [0.2, 0.25) is 0 Å². The normalized spacial score (nSPS) is 15.8. The highest BCUT2D eigenvalue weighted by Crippen LogP contribution is 2.06. The van der Waals surface area contributed by atoms with Crippen molar-refractivity contribution >= 4 is 6.03 Å².